The van der Waals surface area contributed by atoms with Crippen LogP contribution >= 0.6 is 0 Å². The molecule has 1 amide bonds. The van der Waals surface area contributed by atoms with Crippen molar-refractivity contribution in [3.8, 4) is 11.5 Å². The Balaban J connectivity index is 3.58. The van der Waals surface area contributed by atoms with Gasteiger partial charge in [0.25, 0.3) is 0 Å². The van der Waals surface area contributed by atoms with Crippen LogP contribution in [0.4, 0.5) is 0 Å². The molecule has 0 radical (unpaired) electrons. The first-order chi connectivity index (χ1) is 10.3. The van der Waals surface area contributed by atoms with E-state index in [4.69, 9.17) is 15.2 Å². The second kappa shape index (κ2) is 7.46. The van der Waals surface area contributed by atoms with Gasteiger partial charge in [-0.1, -0.05) is 13.8 Å². The number of hydrogen-bond acceptors (Lipinski definition) is 5. The summed E-state index contributed by atoms with van der Waals surface area (Å²) in [7, 11) is -0.894. The molecule has 0 saturated heterocycles. The van der Waals surface area contributed by atoms with Crippen molar-refractivity contribution in [2.45, 2.75) is 25.2 Å². The Hall–Kier alpha value is -1.80. The van der Waals surface area contributed by atoms with E-state index in [2.05, 4.69) is 0 Å². The topological polar surface area (TPSA) is 98.9 Å². The summed E-state index contributed by atoms with van der Waals surface area (Å²) in [5.74, 6) is 0.00177. The van der Waals surface area contributed by atoms with Crippen molar-refractivity contribution < 1.29 is 22.7 Å². The number of rotatable bonds is 8. The minimum atomic E-state index is -3.75. The second-order valence-electron chi connectivity index (χ2n) is 4.55. The van der Waals surface area contributed by atoms with Gasteiger partial charge in [0.1, 0.15) is 0 Å². The first kappa shape index (κ1) is 18.2. The average molecular weight is 330 g/mol. The molecule has 124 valence electrons. The van der Waals surface area contributed by atoms with Crippen LogP contribution < -0.4 is 15.2 Å². The molecule has 0 atom stereocenters. The Morgan fingerprint density at radius 2 is 1.64 bits per heavy atom. The number of sulfonamides is 1. The van der Waals surface area contributed by atoms with Crippen LogP contribution in [0.2, 0.25) is 0 Å². The minimum Gasteiger partial charge on any atom is -0.493 e. The summed E-state index contributed by atoms with van der Waals surface area (Å²) in [6.45, 7) is 4.14. The number of amides is 1. The van der Waals surface area contributed by atoms with E-state index >= 15 is 0 Å². The van der Waals surface area contributed by atoms with Crippen LogP contribution in [0.1, 0.15) is 19.4 Å². The number of benzene rings is 1. The van der Waals surface area contributed by atoms with E-state index in [9.17, 15) is 13.2 Å². The smallest absolute Gasteiger partial charge is 0.243 e. The Labute approximate surface area is 131 Å². The van der Waals surface area contributed by atoms with Gasteiger partial charge in [-0.2, -0.15) is 4.31 Å². The van der Waals surface area contributed by atoms with Crippen molar-refractivity contribution in [1.29, 1.82) is 0 Å². The van der Waals surface area contributed by atoms with Gasteiger partial charge in [0.2, 0.25) is 15.9 Å². The number of hydrogen-bond donors (Lipinski definition) is 1. The first-order valence-corrected chi connectivity index (χ1v) is 8.29. The molecule has 1 rings (SSSR count). The van der Waals surface area contributed by atoms with Crippen molar-refractivity contribution in [3.05, 3.63) is 17.7 Å². The van der Waals surface area contributed by atoms with E-state index in [1.54, 1.807) is 13.8 Å². The van der Waals surface area contributed by atoms with Gasteiger partial charge in [-0.05, 0) is 11.6 Å². The molecule has 0 unspecified atom stereocenters. The van der Waals surface area contributed by atoms with Gasteiger partial charge in [-0.3, -0.25) is 4.79 Å². The van der Waals surface area contributed by atoms with Gasteiger partial charge >= 0.3 is 0 Å². The lowest BCUT2D eigenvalue weighted by atomic mass is 10.1. The lowest BCUT2D eigenvalue weighted by molar-refractivity contribution is -0.117. The van der Waals surface area contributed by atoms with E-state index < -0.39 is 15.9 Å². The molecule has 0 heterocycles. The van der Waals surface area contributed by atoms with Crippen molar-refractivity contribution >= 4 is 15.9 Å². The van der Waals surface area contributed by atoms with Crippen molar-refractivity contribution in [1.82, 2.24) is 4.31 Å². The molecule has 8 heteroatoms. The predicted molar refractivity (Wildman–Crippen MR) is 82.6 cm³/mol. The number of methoxy groups -OCH3 is 2. The largest absolute Gasteiger partial charge is 0.493 e. The Morgan fingerprint density at radius 3 is 2.05 bits per heavy atom. The molecule has 0 aliphatic heterocycles. The molecule has 2 N–H and O–H groups in total. The fourth-order valence-corrected chi connectivity index (χ4v) is 3.85. The van der Waals surface area contributed by atoms with Crippen molar-refractivity contribution in [2.75, 3.05) is 27.3 Å². The van der Waals surface area contributed by atoms with Crippen LogP contribution in [0.15, 0.2) is 17.0 Å². The zero-order chi connectivity index (χ0) is 16.9. The first-order valence-electron chi connectivity index (χ1n) is 6.85. The molecule has 22 heavy (non-hydrogen) atoms. The molecule has 0 fully saturated rings. The summed E-state index contributed by atoms with van der Waals surface area (Å²) in [6, 6.07) is 2.84. The minimum absolute atomic E-state index is 0.00708. The molecular weight excluding hydrogens is 308 g/mol. The third-order valence-electron chi connectivity index (χ3n) is 3.25. The molecule has 0 aliphatic rings. The zero-order valence-corrected chi connectivity index (χ0v) is 14.1. The molecule has 0 saturated carbocycles. The summed E-state index contributed by atoms with van der Waals surface area (Å²) in [6.07, 6.45) is -0.198. The molecule has 0 spiro atoms. The standard InChI is InChI=1S/C14H22N2O5S/c1-5-16(6-2)22(18,19)13-9-12(21-4)11(20-3)7-10(13)8-14(15)17/h7,9H,5-6,8H2,1-4H3,(H2,15,17). The molecule has 0 aromatic heterocycles. The number of ether oxygens (including phenoxy) is 2. The fourth-order valence-electron chi connectivity index (χ4n) is 2.17. The second-order valence-corrected chi connectivity index (χ2v) is 6.45. The zero-order valence-electron chi connectivity index (χ0n) is 13.3. The van der Waals surface area contributed by atoms with Gasteiger partial charge in [0, 0.05) is 19.2 Å². The van der Waals surface area contributed by atoms with Crippen LogP contribution in [-0.4, -0.2) is 45.9 Å². The number of nitrogens with zero attached hydrogens (tertiary/aromatic N) is 1. The van der Waals surface area contributed by atoms with Crippen LogP contribution in [0.25, 0.3) is 0 Å². The van der Waals surface area contributed by atoms with Crippen LogP contribution in [0.3, 0.4) is 0 Å². The maximum atomic E-state index is 12.7. The molecular formula is C14H22N2O5S. The summed E-state index contributed by atoms with van der Waals surface area (Å²) < 4.78 is 37.1. The van der Waals surface area contributed by atoms with Crippen molar-refractivity contribution in [2.24, 2.45) is 5.73 Å². The van der Waals surface area contributed by atoms with Gasteiger partial charge in [0.05, 0.1) is 25.5 Å². The molecule has 1 aromatic carbocycles. The quantitative estimate of drug-likeness (QED) is 0.759. The monoisotopic (exact) mass is 330 g/mol. The number of primary amides is 1. The molecule has 0 bridgehead atoms. The number of carbonyl (C=O) groups excluding carboxylic acids is 1. The highest BCUT2D eigenvalue weighted by Gasteiger charge is 2.27. The van der Waals surface area contributed by atoms with E-state index in [1.807, 2.05) is 0 Å². The summed E-state index contributed by atoms with van der Waals surface area (Å²) in [4.78, 5) is 11.3. The predicted octanol–water partition coefficient (Wildman–Crippen LogP) is 0.762. The van der Waals surface area contributed by atoms with Gasteiger partial charge in [-0.25, -0.2) is 8.42 Å². The SMILES string of the molecule is CCN(CC)S(=O)(=O)c1cc(OC)c(OC)cc1CC(N)=O. The molecule has 7 nitrogen and oxygen atoms in total. The van der Waals surface area contributed by atoms with Crippen LogP contribution in [0.5, 0.6) is 11.5 Å². The van der Waals surface area contributed by atoms with Gasteiger partial charge in [0.15, 0.2) is 11.5 Å². The Morgan fingerprint density at radius 1 is 1.14 bits per heavy atom. The lowest BCUT2D eigenvalue weighted by Gasteiger charge is -2.21. The normalized spacial score (nSPS) is 11.5. The fraction of sp³-hybridized carbons (Fsp3) is 0.500. The van der Waals surface area contributed by atoms with Gasteiger partial charge < -0.3 is 15.2 Å². The highest BCUT2D eigenvalue weighted by molar-refractivity contribution is 7.89. The number of carbonyl (C=O) groups is 1. The number of nitrogens with two attached hydrogens (primary N) is 1. The third kappa shape index (κ3) is 3.69. The van der Waals surface area contributed by atoms with Gasteiger partial charge in [-0.15, -0.1) is 0 Å². The summed E-state index contributed by atoms with van der Waals surface area (Å²) in [5.41, 5.74) is 5.51. The third-order valence-corrected chi connectivity index (χ3v) is 5.39. The molecule has 1 aromatic rings. The van der Waals surface area contributed by atoms with Crippen molar-refractivity contribution in [3.63, 3.8) is 0 Å². The van der Waals surface area contributed by atoms with Crippen LogP contribution in [0, 0.1) is 0 Å². The van der Waals surface area contributed by atoms with E-state index in [-0.39, 0.29) is 22.6 Å². The Kier molecular flexibility index (Phi) is 6.19. The van der Waals surface area contributed by atoms with Crippen LogP contribution in [-0.2, 0) is 21.2 Å². The highest BCUT2D eigenvalue weighted by atomic mass is 32.2. The average Bonchev–Trinajstić information content (AvgIpc) is 2.46. The summed E-state index contributed by atoms with van der Waals surface area (Å²) in [5, 5.41) is 0. The lowest BCUT2D eigenvalue weighted by Crippen LogP contribution is -2.31. The van der Waals surface area contributed by atoms with E-state index in [0.717, 1.165) is 0 Å². The molecule has 0 aliphatic carbocycles. The highest BCUT2D eigenvalue weighted by Crippen LogP contribution is 2.34. The maximum absolute atomic E-state index is 12.7. The maximum Gasteiger partial charge on any atom is 0.243 e. The van der Waals surface area contributed by atoms with E-state index in [0.29, 0.717) is 18.8 Å². The van der Waals surface area contributed by atoms with E-state index in [1.165, 1.54) is 30.7 Å². The summed E-state index contributed by atoms with van der Waals surface area (Å²) >= 11 is 0. The Bertz CT molecular complexity index is 639.